The van der Waals surface area contributed by atoms with E-state index in [0.29, 0.717) is 18.0 Å². The van der Waals surface area contributed by atoms with E-state index in [0.717, 1.165) is 30.2 Å². The first kappa shape index (κ1) is 15.3. The Balaban J connectivity index is 1.30. The first-order valence-electron chi connectivity index (χ1n) is 8.48. The highest BCUT2D eigenvalue weighted by atomic mass is 16.5. The molecule has 2 fully saturated rings. The lowest BCUT2D eigenvalue weighted by atomic mass is 10.1. The summed E-state index contributed by atoms with van der Waals surface area (Å²) in [5, 5.41) is 10.2. The standard InChI is InChI=1S/C17H21N5O2/c1-10-13(3-2-8-18-10)17(23)19-9-12-6-7-14(24-12)16-20-15(21-22-16)11-4-5-11/h2-3,8,11-12,14H,4-7,9H2,1H3,(H,19,23)(H,20,21,22)/t12-,14+/m1/s1. The first-order chi connectivity index (χ1) is 11.7. The van der Waals surface area contributed by atoms with Crippen molar-refractivity contribution in [2.24, 2.45) is 0 Å². The van der Waals surface area contributed by atoms with Gasteiger partial charge in [-0.2, -0.15) is 5.10 Å². The van der Waals surface area contributed by atoms with Crippen molar-refractivity contribution in [3.8, 4) is 0 Å². The van der Waals surface area contributed by atoms with Crippen molar-refractivity contribution in [2.75, 3.05) is 6.54 Å². The summed E-state index contributed by atoms with van der Waals surface area (Å²) in [5.41, 5.74) is 1.34. The van der Waals surface area contributed by atoms with Crippen LogP contribution >= 0.6 is 0 Å². The van der Waals surface area contributed by atoms with Gasteiger partial charge in [0, 0.05) is 24.4 Å². The third-order valence-corrected chi connectivity index (χ3v) is 4.62. The van der Waals surface area contributed by atoms with Crippen LogP contribution in [-0.4, -0.2) is 38.7 Å². The van der Waals surface area contributed by atoms with E-state index in [4.69, 9.17) is 4.74 Å². The van der Waals surface area contributed by atoms with E-state index in [9.17, 15) is 4.79 Å². The number of nitrogens with zero attached hydrogens (tertiary/aromatic N) is 3. The van der Waals surface area contributed by atoms with Crippen molar-refractivity contribution in [3.05, 3.63) is 41.2 Å². The molecule has 2 aromatic heterocycles. The molecule has 126 valence electrons. The van der Waals surface area contributed by atoms with Gasteiger partial charge in [-0.25, -0.2) is 4.98 Å². The number of rotatable bonds is 5. The summed E-state index contributed by atoms with van der Waals surface area (Å²) >= 11 is 0. The molecule has 2 atom stereocenters. The monoisotopic (exact) mass is 327 g/mol. The predicted octanol–water partition coefficient (Wildman–Crippen LogP) is 2.04. The van der Waals surface area contributed by atoms with E-state index in [1.165, 1.54) is 12.8 Å². The number of hydrogen-bond donors (Lipinski definition) is 2. The van der Waals surface area contributed by atoms with Crippen LogP contribution in [0.15, 0.2) is 18.3 Å². The van der Waals surface area contributed by atoms with Crippen LogP contribution in [0.1, 0.15) is 65.4 Å². The van der Waals surface area contributed by atoms with E-state index in [2.05, 4.69) is 25.5 Å². The average molecular weight is 327 g/mol. The summed E-state index contributed by atoms with van der Waals surface area (Å²) in [6.45, 7) is 2.33. The largest absolute Gasteiger partial charge is 0.365 e. The predicted molar refractivity (Wildman–Crippen MR) is 86.5 cm³/mol. The van der Waals surface area contributed by atoms with Crippen molar-refractivity contribution in [1.82, 2.24) is 25.5 Å². The zero-order valence-electron chi connectivity index (χ0n) is 13.7. The summed E-state index contributed by atoms with van der Waals surface area (Å²) in [5.74, 6) is 2.16. The molecule has 0 unspecified atom stereocenters. The highest BCUT2D eigenvalue weighted by molar-refractivity contribution is 5.95. The minimum Gasteiger partial charge on any atom is -0.365 e. The number of aromatic amines is 1. The molecule has 3 heterocycles. The maximum atomic E-state index is 12.2. The molecule has 4 rings (SSSR count). The van der Waals surface area contributed by atoms with Crippen molar-refractivity contribution in [3.63, 3.8) is 0 Å². The van der Waals surface area contributed by atoms with E-state index < -0.39 is 0 Å². The van der Waals surface area contributed by atoms with Crippen LogP contribution in [-0.2, 0) is 4.74 Å². The molecular formula is C17H21N5O2. The Morgan fingerprint density at radius 2 is 2.25 bits per heavy atom. The zero-order chi connectivity index (χ0) is 16.5. The molecule has 24 heavy (non-hydrogen) atoms. The molecule has 1 aliphatic carbocycles. The fourth-order valence-corrected chi connectivity index (χ4v) is 3.04. The van der Waals surface area contributed by atoms with E-state index in [1.807, 2.05) is 6.92 Å². The normalized spacial score (nSPS) is 23.4. The highest BCUT2D eigenvalue weighted by Crippen LogP contribution is 2.39. The van der Waals surface area contributed by atoms with Crippen LogP contribution in [0.3, 0.4) is 0 Å². The number of carbonyl (C=O) groups excluding carboxylic acids is 1. The fourth-order valence-electron chi connectivity index (χ4n) is 3.04. The van der Waals surface area contributed by atoms with Crippen molar-refractivity contribution in [2.45, 2.75) is 50.7 Å². The number of hydrogen-bond acceptors (Lipinski definition) is 5. The van der Waals surface area contributed by atoms with Gasteiger partial charge in [0.25, 0.3) is 5.91 Å². The molecule has 0 aromatic carbocycles. The van der Waals surface area contributed by atoms with E-state index in [1.54, 1.807) is 18.3 Å². The number of ether oxygens (including phenoxy) is 1. The van der Waals surface area contributed by atoms with Gasteiger partial charge in [-0.1, -0.05) is 0 Å². The molecule has 0 bridgehead atoms. The summed E-state index contributed by atoms with van der Waals surface area (Å²) < 4.78 is 6.01. The van der Waals surface area contributed by atoms with E-state index in [-0.39, 0.29) is 18.1 Å². The van der Waals surface area contributed by atoms with Crippen molar-refractivity contribution in [1.29, 1.82) is 0 Å². The smallest absolute Gasteiger partial charge is 0.253 e. The average Bonchev–Trinajstić information content (AvgIpc) is 3.13. The Morgan fingerprint density at radius 3 is 3.04 bits per heavy atom. The van der Waals surface area contributed by atoms with Gasteiger partial charge >= 0.3 is 0 Å². The van der Waals surface area contributed by atoms with Gasteiger partial charge in [0.1, 0.15) is 6.10 Å². The Bertz CT molecular complexity index is 740. The van der Waals surface area contributed by atoms with Gasteiger partial charge in [0.05, 0.1) is 11.7 Å². The molecule has 7 heteroatoms. The highest BCUT2D eigenvalue weighted by Gasteiger charge is 2.32. The molecule has 2 aliphatic rings. The quantitative estimate of drug-likeness (QED) is 0.876. The molecular weight excluding hydrogens is 306 g/mol. The van der Waals surface area contributed by atoms with Crippen LogP contribution in [0.25, 0.3) is 0 Å². The second kappa shape index (κ2) is 6.32. The number of aryl methyl sites for hydroxylation is 1. The van der Waals surface area contributed by atoms with Gasteiger partial charge < -0.3 is 10.1 Å². The fraction of sp³-hybridized carbons (Fsp3) is 0.529. The molecule has 2 N–H and O–H groups in total. The second-order valence-corrected chi connectivity index (χ2v) is 6.52. The summed E-state index contributed by atoms with van der Waals surface area (Å²) in [7, 11) is 0. The Kier molecular flexibility index (Phi) is 4.02. The maximum absolute atomic E-state index is 12.2. The molecule has 2 aromatic rings. The summed E-state index contributed by atoms with van der Waals surface area (Å²) in [6, 6.07) is 3.55. The lowest BCUT2D eigenvalue weighted by molar-refractivity contribution is 0.0392. The van der Waals surface area contributed by atoms with Crippen LogP contribution < -0.4 is 5.32 Å². The molecule has 1 saturated carbocycles. The molecule has 1 saturated heterocycles. The van der Waals surface area contributed by atoms with Crippen molar-refractivity contribution < 1.29 is 9.53 Å². The third-order valence-electron chi connectivity index (χ3n) is 4.62. The number of aromatic nitrogens is 4. The molecule has 7 nitrogen and oxygen atoms in total. The minimum absolute atomic E-state index is 0.00500. The number of amides is 1. The van der Waals surface area contributed by atoms with Gasteiger partial charge in [-0.3, -0.25) is 14.9 Å². The second-order valence-electron chi connectivity index (χ2n) is 6.52. The maximum Gasteiger partial charge on any atom is 0.253 e. The van der Waals surface area contributed by atoms with Crippen LogP contribution in [0.4, 0.5) is 0 Å². The molecule has 1 amide bonds. The third kappa shape index (κ3) is 3.17. The molecule has 0 spiro atoms. The lowest BCUT2D eigenvalue weighted by Gasteiger charge is -2.13. The topological polar surface area (TPSA) is 92.8 Å². The Morgan fingerprint density at radius 1 is 1.38 bits per heavy atom. The number of H-pyrrole nitrogens is 1. The number of carbonyl (C=O) groups is 1. The lowest BCUT2D eigenvalue weighted by Crippen LogP contribution is -2.32. The molecule has 1 aliphatic heterocycles. The van der Waals surface area contributed by atoms with Gasteiger partial charge in [-0.15, -0.1) is 0 Å². The zero-order valence-corrected chi connectivity index (χ0v) is 13.7. The van der Waals surface area contributed by atoms with E-state index >= 15 is 0 Å². The van der Waals surface area contributed by atoms with Gasteiger partial charge in [0.15, 0.2) is 11.6 Å². The van der Waals surface area contributed by atoms with Crippen LogP contribution in [0.5, 0.6) is 0 Å². The molecule has 0 radical (unpaired) electrons. The Hall–Kier alpha value is -2.28. The number of nitrogens with one attached hydrogen (secondary N) is 2. The van der Waals surface area contributed by atoms with Crippen LogP contribution in [0.2, 0.25) is 0 Å². The SMILES string of the molecule is Cc1ncccc1C(=O)NC[C@H]1CC[C@@H](c2nc(C3CC3)n[nH]2)O1. The first-order valence-corrected chi connectivity index (χ1v) is 8.48. The minimum atomic E-state index is -0.108. The van der Waals surface area contributed by atoms with Gasteiger partial charge in [0.2, 0.25) is 0 Å². The van der Waals surface area contributed by atoms with Crippen LogP contribution in [0, 0.1) is 6.92 Å². The van der Waals surface area contributed by atoms with Gasteiger partial charge in [-0.05, 0) is 44.7 Å². The van der Waals surface area contributed by atoms with Crippen molar-refractivity contribution >= 4 is 5.91 Å². The summed E-state index contributed by atoms with van der Waals surface area (Å²) in [4.78, 5) is 20.9. The summed E-state index contributed by atoms with van der Waals surface area (Å²) in [6.07, 6.45) is 5.81. The Labute approximate surface area is 140 Å². The number of pyridine rings is 1.